The van der Waals surface area contributed by atoms with Gasteiger partial charge in [0.05, 0.1) is 11.5 Å². The maximum atomic E-state index is 12.7. The molecule has 1 aliphatic heterocycles. The van der Waals surface area contributed by atoms with E-state index in [0.717, 1.165) is 12.8 Å². The smallest absolute Gasteiger partial charge is 0.287 e. The Bertz CT molecular complexity index is 779. The highest BCUT2D eigenvalue weighted by Gasteiger charge is 2.33. The van der Waals surface area contributed by atoms with Crippen LogP contribution in [0.15, 0.2) is 30.2 Å². The third-order valence-electron chi connectivity index (χ3n) is 5.85. The van der Waals surface area contributed by atoms with Crippen LogP contribution in [0.3, 0.4) is 0 Å². The van der Waals surface area contributed by atoms with Crippen LogP contribution in [0.2, 0.25) is 0 Å². The fraction of sp³-hybridized carbons (Fsp3) is 0.636. The van der Waals surface area contributed by atoms with E-state index in [-0.39, 0.29) is 24.1 Å². The number of amides is 1. The number of hydrogen-bond acceptors (Lipinski definition) is 8. The highest BCUT2D eigenvalue weighted by atomic mass is 16.7. The molecule has 2 aliphatic rings. The van der Waals surface area contributed by atoms with Crippen molar-refractivity contribution < 1.29 is 24.3 Å². The molecule has 2 atom stereocenters. The van der Waals surface area contributed by atoms with Gasteiger partial charge in [-0.2, -0.15) is 0 Å². The van der Waals surface area contributed by atoms with Gasteiger partial charge in [-0.15, -0.1) is 0 Å². The Balaban J connectivity index is 1.48. The molecule has 0 unspecified atom stereocenters. The van der Waals surface area contributed by atoms with Gasteiger partial charge in [-0.05, 0) is 49.7 Å². The number of aromatic nitrogens is 1. The minimum atomic E-state index is -0.503. The van der Waals surface area contributed by atoms with Crippen LogP contribution < -0.4 is 10.6 Å². The lowest BCUT2D eigenvalue weighted by molar-refractivity contribution is -0.385. The maximum Gasteiger partial charge on any atom is 0.287 e. The summed E-state index contributed by atoms with van der Waals surface area (Å²) in [6.45, 7) is 1.38. The molecule has 1 aromatic rings. The number of nitro groups is 1. The molecule has 1 saturated carbocycles. The first-order chi connectivity index (χ1) is 15.6. The van der Waals surface area contributed by atoms with Crippen molar-refractivity contribution in [1.29, 1.82) is 0 Å². The number of pyridine rings is 1. The SMILES string of the molecule is O=C(NCCNc1ccc([N+](=O)[O-])cn1)C1=C[C@H](C2CCCC2)C[C@H](OCCCCO)O1. The molecule has 2 heterocycles. The van der Waals surface area contributed by atoms with Gasteiger partial charge in [0.2, 0.25) is 6.29 Å². The number of nitrogens with zero attached hydrogens (tertiary/aromatic N) is 2. The zero-order valence-electron chi connectivity index (χ0n) is 18.2. The lowest BCUT2D eigenvalue weighted by atomic mass is 9.86. The summed E-state index contributed by atoms with van der Waals surface area (Å²) in [5, 5.41) is 25.5. The van der Waals surface area contributed by atoms with E-state index in [9.17, 15) is 14.9 Å². The molecule has 3 rings (SSSR count). The van der Waals surface area contributed by atoms with Crippen molar-refractivity contribution in [3.63, 3.8) is 0 Å². The number of rotatable bonds is 12. The lowest BCUT2D eigenvalue weighted by Gasteiger charge is -2.32. The van der Waals surface area contributed by atoms with Gasteiger partial charge in [-0.1, -0.05) is 12.8 Å². The van der Waals surface area contributed by atoms with E-state index in [1.165, 1.54) is 44.0 Å². The van der Waals surface area contributed by atoms with E-state index in [2.05, 4.69) is 15.6 Å². The number of ether oxygens (including phenoxy) is 2. The van der Waals surface area contributed by atoms with Crippen molar-refractivity contribution in [3.8, 4) is 0 Å². The molecule has 0 spiro atoms. The first-order valence-corrected chi connectivity index (χ1v) is 11.3. The quantitative estimate of drug-likeness (QED) is 0.252. The molecule has 0 bridgehead atoms. The van der Waals surface area contributed by atoms with Gasteiger partial charge in [0.15, 0.2) is 5.76 Å². The summed E-state index contributed by atoms with van der Waals surface area (Å²) in [5.74, 6) is 1.33. The van der Waals surface area contributed by atoms with Crippen LogP contribution in [0.4, 0.5) is 11.5 Å². The number of anilines is 1. The van der Waals surface area contributed by atoms with Crippen LogP contribution in [0, 0.1) is 22.0 Å². The summed E-state index contributed by atoms with van der Waals surface area (Å²) in [6.07, 6.45) is 9.63. The molecule has 1 fully saturated rings. The number of aliphatic hydroxyl groups excluding tert-OH is 1. The number of unbranched alkanes of at least 4 members (excludes halogenated alkanes) is 1. The van der Waals surface area contributed by atoms with E-state index < -0.39 is 11.2 Å². The zero-order valence-corrected chi connectivity index (χ0v) is 18.2. The number of aliphatic hydroxyl groups is 1. The predicted molar refractivity (Wildman–Crippen MR) is 118 cm³/mol. The molecular weight excluding hydrogens is 416 g/mol. The van der Waals surface area contributed by atoms with Gasteiger partial charge in [0.1, 0.15) is 12.0 Å². The van der Waals surface area contributed by atoms with Gasteiger partial charge < -0.3 is 25.2 Å². The second-order valence-electron chi connectivity index (χ2n) is 8.17. The summed E-state index contributed by atoms with van der Waals surface area (Å²) in [6, 6.07) is 2.90. The molecular formula is C22H32N4O6. The molecule has 1 aromatic heterocycles. The third kappa shape index (κ3) is 7.16. The van der Waals surface area contributed by atoms with Crippen LogP contribution in [0.5, 0.6) is 0 Å². The Morgan fingerprint density at radius 3 is 2.78 bits per heavy atom. The van der Waals surface area contributed by atoms with Crippen molar-refractivity contribution >= 4 is 17.4 Å². The average molecular weight is 449 g/mol. The highest BCUT2D eigenvalue weighted by Crippen LogP contribution is 2.38. The van der Waals surface area contributed by atoms with Gasteiger partial charge in [0.25, 0.3) is 11.6 Å². The molecule has 176 valence electrons. The largest absolute Gasteiger partial charge is 0.459 e. The van der Waals surface area contributed by atoms with E-state index >= 15 is 0 Å². The number of hydrogen-bond donors (Lipinski definition) is 3. The monoisotopic (exact) mass is 448 g/mol. The van der Waals surface area contributed by atoms with Gasteiger partial charge in [0, 0.05) is 32.2 Å². The fourth-order valence-corrected chi connectivity index (χ4v) is 4.14. The Morgan fingerprint density at radius 2 is 2.09 bits per heavy atom. The van der Waals surface area contributed by atoms with Gasteiger partial charge in [-0.3, -0.25) is 14.9 Å². The van der Waals surface area contributed by atoms with Crippen LogP contribution in [-0.2, 0) is 14.3 Å². The summed E-state index contributed by atoms with van der Waals surface area (Å²) >= 11 is 0. The summed E-state index contributed by atoms with van der Waals surface area (Å²) < 4.78 is 11.7. The maximum absolute atomic E-state index is 12.7. The van der Waals surface area contributed by atoms with Crippen molar-refractivity contribution in [1.82, 2.24) is 10.3 Å². The topological polar surface area (TPSA) is 136 Å². The van der Waals surface area contributed by atoms with E-state index in [4.69, 9.17) is 14.6 Å². The van der Waals surface area contributed by atoms with Gasteiger partial charge >= 0.3 is 0 Å². The second kappa shape index (κ2) is 12.4. The number of nitrogens with one attached hydrogen (secondary N) is 2. The first-order valence-electron chi connectivity index (χ1n) is 11.3. The highest BCUT2D eigenvalue weighted by molar-refractivity contribution is 5.91. The Labute approximate surface area is 187 Å². The zero-order chi connectivity index (χ0) is 22.8. The lowest BCUT2D eigenvalue weighted by Crippen LogP contribution is -2.36. The molecule has 10 heteroatoms. The minimum absolute atomic E-state index is 0.0739. The van der Waals surface area contributed by atoms with Crippen LogP contribution in [-0.4, -0.2) is 53.5 Å². The molecule has 1 amide bonds. The number of allylic oxidation sites excluding steroid dienone is 1. The van der Waals surface area contributed by atoms with Gasteiger partial charge in [-0.25, -0.2) is 4.98 Å². The molecule has 3 N–H and O–H groups in total. The van der Waals surface area contributed by atoms with Crippen molar-refractivity contribution in [3.05, 3.63) is 40.3 Å². The summed E-state index contributed by atoms with van der Waals surface area (Å²) in [7, 11) is 0. The van der Waals surface area contributed by atoms with Crippen molar-refractivity contribution in [2.75, 3.05) is 31.6 Å². The normalized spacial score (nSPS) is 21.0. The molecule has 0 saturated heterocycles. The Hall–Kier alpha value is -2.72. The Kier molecular flexibility index (Phi) is 9.24. The summed E-state index contributed by atoms with van der Waals surface area (Å²) in [5.41, 5.74) is -0.0739. The molecule has 10 nitrogen and oxygen atoms in total. The fourth-order valence-electron chi connectivity index (χ4n) is 4.14. The van der Waals surface area contributed by atoms with Crippen LogP contribution >= 0.6 is 0 Å². The molecule has 0 radical (unpaired) electrons. The van der Waals surface area contributed by atoms with Crippen molar-refractivity contribution in [2.24, 2.45) is 11.8 Å². The molecule has 1 aliphatic carbocycles. The standard InChI is InChI=1S/C22H32N4O6/c27-11-3-4-12-31-21-14-17(16-5-1-2-6-16)13-19(32-21)22(28)24-10-9-23-20-8-7-18(15-25-20)26(29)30/h7-8,13,15-17,21,27H,1-6,9-12,14H2,(H,23,25)(H,24,28)/t17-,21+/m0/s1. The predicted octanol–water partition coefficient (Wildman–Crippen LogP) is 2.74. The van der Waals surface area contributed by atoms with E-state index in [1.54, 1.807) is 0 Å². The third-order valence-corrected chi connectivity index (χ3v) is 5.85. The molecule has 32 heavy (non-hydrogen) atoms. The van der Waals surface area contributed by atoms with Crippen LogP contribution in [0.25, 0.3) is 0 Å². The van der Waals surface area contributed by atoms with E-state index in [1.807, 2.05) is 6.08 Å². The summed E-state index contributed by atoms with van der Waals surface area (Å²) in [4.78, 5) is 26.9. The molecule has 0 aromatic carbocycles. The average Bonchev–Trinajstić information content (AvgIpc) is 3.35. The van der Waals surface area contributed by atoms with Crippen LogP contribution in [0.1, 0.15) is 44.9 Å². The number of carbonyl (C=O) groups is 1. The first kappa shape index (κ1) is 23.9. The van der Waals surface area contributed by atoms with Crippen molar-refractivity contribution in [2.45, 2.75) is 51.2 Å². The van der Waals surface area contributed by atoms with E-state index in [0.29, 0.717) is 43.6 Å². The number of carbonyl (C=O) groups excluding carboxylic acids is 1. The Morgan fingerprint density at radius 1 is 1.28 bits per heavy atom. The second-order valence-corrected chi connectivity index (χ2v) is 8.17. The minimum Gasteiger partial charge on any atom is -0.459 e.